The smallest absolute Gasteiger partial charge is 0.227 e. The molecule has 0 saturated heterocycles. The molecule has 2 amide bonds. The number of nitrogens with zero attached hydrogens (tertiary/aromatic N) is 2. The van der Waals surface area contributed by atoms with Crippen LogP contribution in [-0.2, 0) is 21.5 Å². The highest BCUT2D eigenvalue weighted by Crippen LogP contribution is 2.34. The minimum atomic E-state index is -0.548. The zero-order valence-electron chi connectivity index (χ0n) is 15.0. The van der Waals surface area contributed by atoms with Crippen LogP contribution in [0.25, 0.3) is 0 Å². The highest BCUT2D eigenvalue weighted by atomic mass is 16.5. The summed E-state index contributed by atoms with van der Waals surface area (Å²) in [7, 11) is 0. The van der Waals surface area contributed by atoms with Gasteiger partial charge in [-0.2, -0.15) is 4.98 Å². The lowest BCUT2D eigenvalue weighted by molar-refractivity contribution is -0.122. The van der Waals surface area contributed by atoms with Crippen molar-refractivity contribution in [3.63, 3.8) is 0 Å². The minimum absolute atomic E-state index is 0.0563. The number of carbonyl (C=O) groups is 2. The van der Waals surface area contributed by atoms with E-state index >= 15 is 0 Å². The lowest BCUT2D eigenvalue weighted by Crippen LogP contribution is -2.45. The van der Waals surface area contributed by atoms with Gasteiger partial charge in [0.1, 0.15) is 5.54 Å². The summed E-state index contributed by atoms with van der Waals surface area (Å²) in [6, 6.07) is 0. The van der Waals surface area contributed by atoms with E-state index in [0.29, 0.717) is 37.6 Å². The predicted octanol–water partition coefficient (Wildman–Crippen LogP) is 1.15. The van der Waals surface area contributed by atoms with E-state index in [0.717, 1.165) is 44.9 Å². The molecule has 8 heteroatoms. The Bertz CT molecular complexity index is 564. The first kappa shape index (κ1) is 19.4. The molecule has 1 aliphatic rings. The van der Waals surface area contributed by atoms with Crippen LogP contribution in [0.2, 0.25) is 0 Å². The van der Waals surface area contributed by atoms with Gasteiger partial charge in [-0.25, -0.2) is 0 Å². The van der Waals surface area contributed by atoms with Crippen LogP contribution in [0.4, 0.5) is 0 Å². The molecular formula is C17H29N5O3. The van der Waals surface area contributed by atoms with Crippen LogP contribution in [0.15, 0.2) is 4.52 Å². The molecule has 0 radical (unpaired) electrons. The van der Waals surface area contributed by atoms with Crippen LogP contribution in [0.1, 0.15) is 70.0 Å². The molecule has 2 rings (SSSR count). The molecule has 1 heterocycles. The predicted molar refractivity (Wildman–Crippen MR) is 92.5 cm³/mol. The second-order valence-corrected chi connectivity index (χ2v) is 6.68. The van der Waals surface area contributed by atoms with Gasteiger partial charge in [0.05, 0.1) is 0 Å². The first-order valence-electron chi connectivity index (χ1n) is 9.14. The number of nitrogens with two attached hydrogens (primary N) is 1. The van der Waals surface area contributed by atoms with E-state index in [1.807, 2.05) is 0 Å². The molecule has 1 aromatic rings. The summed E-state index contributed by atoms with van der Waals surface area (Å²) >= 11 is 0. The van der Waals surface area contributed by atoms with Gasteiger partial charge in [-0.15, -0.1) is 0 Å². The quantitative estimate of drug-likeness (QED) is 0.477. The number of nitrogens with one attached hydrogen (secondary N) is 2. The van der Waals surface area contributed by atoms with Gasteiger partial charge in [-0.1, -0.05) is 30.8 Å². The normalized spacial score (nSPS) is 16.9. The highest BCUT2D eigenvalue weighted by Gasteiger charge is 2.38. The molecule has 1 saturated carbocycles. The van der Waals surface area contributed by atoms with Crippen LogP contribution in [0.5, 0.6) is 0 Å². The number of amides is 2. The third-order valence-corrected chi connectivity index (χ3v) is 4.54. The second-order valence-electron chi connectivity index (χ2n) is 6.68. The van der Waals surface area contributed by atoms with Crippen molar-refractivity contribution < 1.29 is 14.1 Å². The van der Waals surface area contributed by atoms with Gasteiger partial charge in [0, 0.05) is 26.3 Å². The Balaban J connectivity index is 1.99. The summed E-state index contributed by atoms with van der Waals surface area (Å²) in [4.78, 5) is 27.9. The molecule has 0 aromatic carbocycles. The maximum atomic E-state index is 11.8. The fourth-order valence-electron chi connectivity index (χ4n) is 3.26. The largest absolute Gasteiger partial charge is 0.356 e. The molecule has 0 atom stereocenters. The molecule has 1 aromatic heterocycles. The van der Waals surface area contributed by atoms with E-state index in [-0.39, 0.29) is 11.8 Å². The standard InChI is InChI=1S/C17H29N5O3/c1-13(23)21-17(9-4-2-3-5-10-17)16-20-15(25-22-16)8-7-14(24)19-12-6-11-18/h2-12,18H2,1H3,(H,19,24)(H,21,23). The van der Waals surface area contributed by atoms with E-state index in [1.54, 1.807) is 0 Å². The number of rotatable bonds is 8. The SMILES string of the molecule is CC(=O)NC1(c2noc(CCC(=O)NCCCN)n2)CCCCCC1. The fourth-order valence-corrected chi connectivity index (χ4v) is 3.26. The van der Waals surface area contributed by atoms with E-state index in [9.17, 15) is 9.59 Å². The number of hydrogen-bond donors (Lipinski definition) is 3. The number of hydrogen-bond acceptors (Lipinski definition) is 6. The van der Waals surface area contributed by atoms with E-state index < -0.39 is 5.54 Å². The maximum absolute atomic E-state index is 11.8. The van der Waals surface area contributed by atoms with Crippen molar-refractivity contribution in [2.75, 3.05) is 13.1 Å². The number of aryl methyl sites for hydroxylation is 1. The third-order valence-electron chi connectivity index (χ3n) is 4.54. The van der Waals surface area contributed by atoms with E-state index in [4.69, 9.17) is 10.3 Å². The lowest BCUT2D eigenvalue weighted by atomic mass is 9.89. The molecule has 0 aliphatic heterocycles. The van der Waals surface area contributed by atoms with Gasteiger partial charge in [0.25, 0.3) is 0 Å². The van der Waals surface area contributed by atoms with Crippen molar-refractivity contribution in [1.29, 1.82) is 0 Å². The summed E-state index contributed by atoms with van der Waals surface area (Å²) in [6.45, 7) is 2.65. The molecular weight excluding hydrogens is 322 g/mol. The third kappa shape index (κ3) is 5.81. The molecule has 140 valence electrons. The van der Waals surface area contributed by atoms with Gasteiger partial charge in [-0.05, 0) is 25.8 Å². The first-order valence-corrected chi connectivity index (χ1v) is 9.14. The lowest BCUT2D eigenvalue weighted by Gasteiger charge is -2.30. The van der Waals surface area contributed by atoms with Crippen LogP contribution in [0, 0.1) is 0 Å². The molecule has 1 fully saturated rings. The van der Waals surface area contributed by atoms with Crippen LogP contribution >= 0.6 is 0 Å². The van der Waals surface area contributed by atoms with Crippen LogP contribution in [-0.4, -0.2) is 35.0 Å². The van der Waals surface area contributed by atoms with Gasteiger partial charge in [-0.3, -0.25) is 9.59 Å². The van der Waals surface area contributed by atoms with E-state index in [1.165, 1.54) is 6.92 Å². The minimum Gasteiger partial charge on any atom is -0.356 e. The van der Waals surface area contributed by atoms with Crippen molar-refractivity contribution >= 4 is 11.8 Å². The Hall–Kier alpha value is -1.96. The van der Waals surface area contributed by atoms with Crippen molar-refractivity contribution in [3.8, 4) is 0 Å². The van der Waals surface area contributed by atoms with Gasteiger partial charge in [0.2, 0.25) is 17.7 Å². The average Bonchev–Trinajstić information content (AvgIpc) is 2.93. The van der Waals surface area contributed by atoms with Crippen LogP contribution < -0.4 is 16.4 Å². The number of aromatic nitrogens is 2. The average molecular weight is 351 g/mol. The summed E-state index contributed by atoms with van der Waals surface area (Å²) in [5, 5.41) is 9.96. The zero-order chi connectivity index (χ0) is 18.1. The molecule has 4 N–H and O–H groups in total. The van der Waals surface area contributed by atoms with Crippen LogP contribution in [0.3, 0.4) is 0 Å². The molecule has 1 aliphatic carbocycles. The topological polar surface area (TPSA) is 123 Å². The zero-order valence-corrected chi connectivity index (χ0v) is 15.0. The molecule has 0 spiro atoms. The summed E-state index contributed by atoms with van der Waals surface area (Å²) in [5.41, 5.74) is 4.85. The van der Waals surface area contributed by atoms with Crippen molar-refractivity contribution in [2.45, 2.75) is 70.3 Å². The summed E-state index contributed by atoms with van der Waals surface area (Å²) in [5.74, 6) is 0.813. The Morgan fingerprint density at radius 1 is 1.24 bits per heavy atom. The van der Waals surface area contributed by atoms with Crippen molar-refractivity contribution in [1.82, 2.24) is 20.8 Å². The van der Waals surface area contributed by atoms with Gasteiger partial charge >= 0.3 is 0 Å². The van der Waals surface area contributed by atoms with Crippen molar-refractivity contribution in [2.24, 2.45) is 5.73 Å². The fraction of sp³-hybridized carbons (Fsp3) is 0.765. The molecule has 0 unspecified atom stereocenters. The van der Waals surface area contributed by atoms with Gasteiger partial charge < -0.3 is 20.9 Å². The Morgan fingerprint density at radius 3 is 2.60 bits per heavy atom. The second kappa shape index (κ2) is 9.50. The Kier molecular flexibility index (Phi) is 7.36. The molecule has 25 heavy (non-hydrogen) atoms. The van der Waals surface area contributed by atoms with E-state index in [2.05, 4.69) is 20.8 Å². The summed E-state index contributed by atoms with van der Waals surface area (Å²) in [6.07, 6.45) is 7.40. The monoisotopic (exact) mass is 351 g/mol. The Morgan fingerprint density at radius 2 is 1.96 bits per heavy atom. The summed E-state index contributed by atoms with van der Waals surface area (Å²) < 4.78 is 5.33. The first-order chi connectivity index (χ1) is 12.1. The van der Waals surface area contributed by atoms with Gasteiger partial charge in [0.15, 0.2) is 5.82 Å². The molecule has 0 bridgehead atoms. The maximum Gasteiger partial charge on any atom is 0.227 e. The number of carbonyl (C=O) groups excluding carboxylic acids is 2. The highest BCUT2D eigenvalue weighted by molar-refractivity contribution is 5.76. The Labute approximate surface area is 148 Å². The van der Waals surface area contributed by atoms with Crippen molar-refractivity contribution in [3.05, 3.63) is 11.7 Å². The molecule has 8 nitrogen and oxygen atoms in total.